The first kappa shape index (κ1) is 49.6. The Morgan fingerprint density at radius 2 is 1.74 bits per heavy atom. The second kappa shape index (κ2) is 22.2. The third kappa shape index (κ3) is 11.2. The van der Waals surface area contributed by atoms with Crippen molar-refractivity contribution in [1.29, 1.82) is 0 Å². The quantitative estimate of drug-likeness (QED) is 0.0254. The summed E-state index contributed by atoms with van der Waals surface area (Å²) >= 11 is 0. The Balaban J connectivity index is 1.49. The summed E-state index contributed by atoms with van der Waals surface area (Å²) in [7, 11) is 0. The monoisotopic (exact) mass is 928 g/mol. The minimum Gasteiger partial charge on any atom is -0.459 e. The van der Waals surface area contributed by atoms with E-state index >= 15 is 4.79 Å². The molecule has 4 aromatic carbocycles. The van der Waals surface area contributed by atoms with Gasteiger partial charge in [-0.05, 0) is 129 Å². The molecule has 1 fully saturated rings. The Bertz CT molecular complexity index is 2530. The van der Waals surface area contributed by atoms with E-state index in [1.54, 1.807) is 41.3 Å². The normalized spacial score (nSPS) is 22.4. The van der Waals surface area contributed by atoms with Crippen molar-refractivity contribution in [2.24, 2.45) is 22.9 Å². The van der Waals surface area contributed by atoms with E-state index in [9.17, 15) is 25.1 Å². The molecule has 2 aliphatic carbocycles. The Kier molecular flexibility index (Phi) is 16.2. The minimum absolute atomic E-state index is 0.0121. The fraction of sp³-hybridized carbons (Fsp3) is 0.426. The van der Waals surface area contributed by atoms with Crippen LogP contribution in [0.15, 0.2) is 120 Å². The number of fused-ring (bicyclic) bond motifs is 3. The standard InChI is InChI=1S/C54H64N4O10/c1-6-31-65-54-48(57(35-39-18-14-17-37-15-8-9-19-42(37)39)49(61)28-23-36-21-24-40(25-22-36)58(63)64)34-46(56-68-53(3,4)5)44-32-38(16-10-12-29-59)43(20-11-13-30-60)50(51(44)54)45-33-41(26-27-47(45)67-54)66-52(62)55-7-2/h6,8-9,14-15,17-19,21-28,32-33,38,43,48,50-51,59-60H,1,7,10-13,16,20,29-31,34-35H2,2-5H3,(H,55,62). The van der Waals surface area contributed by atoms with E-state index in [4.69, 9.17) is 24.2 Å². The van der Waals surface area contributed by atoms with Crippen LogP contribution in [0.2, 0.25) is 0 Å². The SMILES string of the molecule is C=CCOC12Oc3ccc(OC(=O)NCC)cc3C3C(CCCCO)C(CCCCO)C=C(C(=NOC(C)(C)C)CC1N(Cc1cccc4ccccc14)C(=O)C=Cc1ccc([N+](=O)[O-])cc1)C32. The number of benzene rings is 4. The fourth-order valence-electron chi connectivity index (χ4n) is 10.1. The van der Waals surface area contributed by atoms with Gasteiger partial charge >= 0.3 is 6.09 Å². The summed E-state index contributed by atoms with van der Waals surface area (Å²) in [5, 5.41) is 41.1. The molecule has 68 heavy (non-hydrogen) atoms. The van der Waals surface area contributed by atoms with Crippen molar-refractivity contribution in [3.8, 4) is 11.5 Å². The lowest BCUT2D eigenvalue weighted by atomic mass is 9.55. The van der Waals surface area contributed by atoms with Crippen LogP contribution in [0, 0.1) is 27.9 Å². The summed E-state index contributed by atoms with van der Waals surface area (Å²) in [5.74, 6) is -2.11. The summed E-state index contributed by atoms with van der Waals surface area (Å²) in [6, 6.07) is 24.6. The highest BCUT2D eigenvalue weighted by molar-refractivity contribution is 6.03. The van der Waals surface area contributed by atoms with Crippen LogP contribution >= 0.6 is 0 Å². The Hall–Kier alpha value is -6.35. The Morgan fingerprint density at radius 1 is 1.00 bits per heavy atom. The largest absolute Gasteiger partial charge is 0.459 e. The number of oxime groups is 1. The third-order valence-electron chi connectivity index (χ3n) is 13.0. The van der Waals surface area contributed by atoms with Crippen molar-refractivity contribution >= 4 is 40.2 Å². The maximum absolute atomic E-state index is 15.4. The first-order chi connectivity index (χ1) is 32.8. The topological polar surface area (TPSA) is 182 Å². The molecule has 4 aromatic rings. The molecule has 0 radical (unpaired) electrons. The van der Waals surface area contributed by atoms with Gasteiger partial charge in [-0.25, -0.2) is 4.79 Å². The number of amides is 2. The maximum Gasteiger partial charge on any atom is 0.412 e. The molecule has 3 aliphatic rings. The van der Waals surface area contributed by atoms with E-state index in [2.05, 4.69) is 18.0 Å². The number of non-ortho nitro benzene ring substituents is 1. The molecule has 0 saturated heterocycles. The highest BCUT2D eigenvalue weighted by Gasteiger charge is 2.65. The van der Waals surface area contributed by atoms with Crippen LogP contribution in [0.3, 0.4) is 0 Å². The van der Waals surface area contributed by atoms with Gasteiger partial charge in [-0.3, -0.25) is 14.9 Å². The van der Waals surface area contributed by atoms with Gasteiger partial charge in [0.05, 0.1) is 23.2 Å². The van der Waals surface area contributed by atoms with Crippen molar-refractivity contribution in [1.82, 2.24) is 10.2 Å². The fourth-order valence-corrected chi connectivity index (χ4v) is 10.1. The number of hydrogen-bond donors (Lipinski definition) is 3. The predicted molar refractivity (Wildman–Crippen MR) is 262 cm³/mol. The number of hydrogen-bond acceptors (Lipinski definition) is 11. The number of nitrogens with zero attached hydrogens (tertiary/aromatic N) is 3. The molecular formula is C54H64N4O10. The maximum atomic E-state index is 15.4. The smallest absolute Gasteiger partial charge is 0.412 e. The number of nitrogens with one attached hydrogen (secondary N) is 1. The van der Waals surface area contributed by atoms with E-state index in [-0.39, 0.29) is 62.1 Å². The second-order valence-corrected chi connectivity index (χ2v) is 18.7. The van der Waals surface area contributed by atoms with Crippen LogP contribution in [0.4, 0.5) is 10.5 Å². The lowest BCUT2D eigenvalue weighted by molar-refractivity contribution is -0.384. The van der Waals surface area contributed by atoms with Crippen LogP contribution in [-0.4, -0.2) is 81.5 Å². The van der Waals surface area contributed by atoms with Gasteiger partial charge in [-0.2, -0.15) is 0 Å². The summed E-state index contributed by atoms with van der Waals surface area (Å²) in [6.07, 6.45) is 10.9. The second-order valence-electron chi connectivity index (χ2n) is 18.7. The first-order valence-electron chi connectivity index (χ1n) is 23.7. The van der Waals surface area contributed by atoms with Crippen molar-refractivity contribution in [2.75, 3.05) is 26.4 Å². The van der Waals surface area contributed by atoms with E-state index in [1.807, 2.05) is 76.2 Å². The highest BCUT2D eigenvalue weighted by Crippen LogP contribution is 2.62. The Labute approximate surface area is 398 Å². The van der Waals surface area contributed by atoms with Crippen molar-refractivity contribution < 1.29 is 43.8 Å². The lowest BCUT2D eigenvalue weighted by Gasteiger charge is -2.60. The minimum atomic E-state index is -1.56. The molecule has 360 valence electrons. The number of nitro benzene ring substituents is 1. The predicted octanol–water partition coefficient (Wildman–Crippen LogP) is 10.0. The van der Waals surface area contributed by atoms with Crippen LogP contribution in [0.5, 0.6) is 11.5 Å². The number of ether oxygens (including phenoxy) is 3. The van der Waals surface area contributed by atoms with Gasteiger partial charge in [0.2, 0.25) is 11.7 Å². The van der Waals surface area contributed by atoms with Gasteiger partial charge in [0.1, 0.15) is 23.1 Å². The van der Waals surface area contributed by atoms with Gasteiger partial charge in [0.25, 0.3) is 5.69 Å². The van der Waals surface area contributed by atoms with Crippen LogP contribution < -0.4 is 14.8 Å². The van der Waals surface area contributed by atoms with Crippen LogP contribution in [-0.2, 0) is 20.9 Å². The molecule has 1 heterocycles. The summed E-state index contributed by atoms with van der Waals surface area (Å²) in [5.41, 5.74) is 3.06. The number of unbranched alkanes of at least 4 members (excludes halogenated alkanes) is 2. The molecule has 1 saturated carbocycles. The lowest BCUT2D eigenvalue weighted by Crippen LogP contribution is -2.70. The average Bonchev–Trinajstić information content (AvgIpc) is 3.32. The average molecular weight is 929 g/mol. The zero-order valence-corrected chi connectivity index (χ0v) is 39.5. The molecule has 14 nitrogen and oxygen atoms in total. The zero-order chi connectivity index (χ0) is 48.4. The van der Waals surface area contributed by atoms with Crippen molar-refractivity contribution in [2.45, 2.75) is 103 Å². The number of allylic oxidation sites excluding steroid dienone is 1. The van der Waals surface area contributed by atoms with Gasteiger partial charge in [-0.1, -0.05) is 72.6 Å². The van der Waals surface area contributed by atoms with Gasteiger partial charge in [0.15, 0.2) is 0 Å². The summed E-state index contributed by atoms with van der Waals surface area (Å²) < 4.78 is 20.4. The first-order valence-corrected chi connectivity index (χ1v) is 23.7. The number of nitro groups is 1. The molecule has 0 spiro atoms. The summed E-state index contributed by atoms with van der Waals surface area (Å²) in [4.78, 5) is 47.4. The number of carbonyl (C=O) groups excluding carboxylic acids is 2. The molecule has 0 bridgehead atoms. The van der Waals surface area contributed by atoms with Crippen molar-refractivity contribution in [3.63, 3.8) is 0 Å². The molecule has 6 atom stereocenters. The van der Waals surface area contributed by atoms with E-state index in [0.717, 1.165) is 53.2 Å². The van der Waals surface area contributed by atoms with Crippen molar-refractivity contribution in [3.05, 3.63) is 142 Å². The molecular weight excluding hydrogens is 865 g/mol. The van der Waals surface area contributed by atoms with E-state index in [1.165, 1.54) is 18.2 Å². The third-order valence-corrected chi connectivity index (χ3v) is 13.0. The molecule has 1 aliphatic heterocycles. The van der Waals surface area contributed by atoms with Crippen LogP contribution in [0.25, 0.3) is 16.8 Å². The Morgan fingerprint density at radius 3 is 2.44 bits per heavy atom. The number of aliphatic hydroxyl groups excluding tert-OH is 2. The van der Waals surface area contributed by atoms with Gasteiger partial charge in [-0.15, -0.1) is 6.58 Å². The van der Waals surface area contributed by atoms with Gasteiger partial charge < -0.3 is 39.5 Å². The molecule has 7 rings (SSSR count). The summed E-state index contributed by atoms with van der Waals surface area (Å²) in [6.45, 7) is 12.3. The molecule has 6 unspecified atom stereocenters. The number of aliphatic hydroxyl groups is 2. The number of rotatable bonds is 20. The van der Waals surface area contributed by atoms with E-state index in [0.29, 0.717) is 42.2 Å². The molecule has 3 N–H and O–H groups in total. The molecule has 2 amide bonds. The zero-order valence-electron chi connectivity index (χ0n) is 39.5. The number of carbonyl (C=O) groups is 2. The molecule has 0 aromatic heterocycles. The molecule has 14 heteroatoms. The van der Waals surface area contributed by atoms with E-state index < -0.39 is 34.4 Å². The van der Waals surface area contributed by atoms with Crippen LogP contribution in [0.1, 0.15) is 95.2 Å². The van der Waals surface area contributed by atoms with Gasteiger partial charge in [0, 0.05) is 62.4 Å². The highest BCUT2D eigenvalue weighted by atomic mass is 16.7.